The number of hydrogen-bond donors (Lipinski definition) is 1. The van der Waals surface area contributed by atoms with Crippen LogP contribution in [0.1, 0.15) is 28.7 Å². The lowest BCUT2D eigenvalue weighted by Crippen LogP contribution is -2.03. The Morgan fingerprint density at radius 1 is 1.14 bits per heavy atom. The number of Topliss-reactive ketones (excluding diaryl/α,β-unsaturated/α-hetero) is 1. The van der Waals surface area contributed by atoms with Crippen LogP contribution in [0, 0.1) is 6.92 Å². The number of hydrogen-bond acceptors (Lipinski definition) is 6. The van der Waals surface area contributed by atoms with Crippen LogP contribution in [0.3, 0.4) is 0 Å². The van der Waals surface area contributed by atoms with Crippen molar-refractivity contribution in [3.63, 3.8) is 0 Å². The Bertz CT molecular complexity index is 944. The van der Waals surface area contributed by atoms with Crippen LogP contribution in [-0.2, 0) is 6.61 Å². The van der Waals surface area contributed by atoms with E-state index in [1.807, 2.05) is 19.9 Å². The predicted molar refractivity (Wildman–Crippen MR) is 110 cm³/mol. The molecule has 0 saturated heterocycles. The maximum Gasteiger partial charge on any atom is 0.208 e. The molecule has 0 spiro atoms. The van der Waals surface area contributed by atoms with Crippen molar-refractivity contribution in [3.05, 3.63) is 64.4 Å². The van der Waals surface area contributed by atoms with E-state index in [9.17, 15) is 4.79 Å². The van der Waals surface area contributed by atoms with Crippen LogP contribution in [0.5, 0.6) is 11.5 Å². The molecule has 0 radical (unpaired) electrons. The Kier molecular flexibility index (Phi) is 6.95. The van der Waals surface area contributed by atoms with Gasteiger partial charge in [0.25, 0.3) is 0 Å². The summed E-state index contributed by atoms with van der Waals surface area (Å²) in [6.45, 7) is 4.68. The van der Waals surface area contributed by atoms with Crippen LogP contribution in [0.4, 0.5) is 0 Å². The molecule has 0 aliphatic heterocycles. The number of ketones is 1. The van der Waals surface area contributed by atoms with Gasteiger partial charge in [-0.2, -0.15) is 0 Å². The molecule has 0 bridgehead atoms. The summed E-state index contributed by atoms with van der Waals surface area (Å²) in [6, 6.07) is 12.6. The van der Waals surface area contributed by atoms with Gasteiger partial charge in [0.15, 0.2) is 11.6 Å². The zero-order chi connectivity index (χ0) is 19.9. The molecule has 3 aromatic rings. The molecule has 0 aliphatic carbocycles. The van der Waals surface area contributed by atoms with Gasteiger partial charge in [0, 0.05) is 10.6 Å². The molecule has 0 amide bonds. The molecule has 0 saturated carbocycles. The number of aromatic amines is 1. The number of rotatable bonds is 9. The molecular weight excluding hydrogens is 398 g/mol. The minimum Gasteiger partial charge on any atom is -0.494 e. The van der Waals surface area contributed by atoms with E-state index in [0.717, 1.165) is 11.3 Å². The van der Waals surface area contributed by atoms with Gasteiger partial charge in [0.1, 0.15) is 18.1 Å². The van der Waals surface area contributed by atoms with Crippen molar-refractivity contribution in [1.29, 1.82) is 0 Å². The fourth-order valence-electron chi connectivity index (χ4n) is 2.38. The predicted octanol–water partition coefficient (Wildman–Crippen LogP) is 4.72. The Balaban J connectivity index is 1.49. The zero-order valence-corrected chi connectivity index (χ0v) is 17.1. The highest BCUT2D eigenvalue weighted by Crippen LogP contribution is 2.22. The second-order valence-corrected chi connectivity index (χ2v) is 7.28. The molecule has 28 heavy (non-hydrogen) atoms. The Morgan fingerprint density at radius 3 is 2.61 bits per heavy atom. The third-order valence-electron chi connectivity index (χ3n) is 3.84. The summed E-state index contributed by atoms with van der Waals surface area (Å²) >= 11 is 7.28. The van der Waals surface area contributed by atoms with E-state index in [0.29, 0.717) is 33.9 Å². The van der Waals surface area contributed by atoms with E-state index in [1.54, 1.807) is 36.4 Å². The fourth-order valence-corrected chi connectivity index (χ4v) is 3.21. The van der Waals surface area contributed by atoms with Crippen molar-refractivity contribution in [2.24, 2.45) is 0 Å². The summed E-state index contributed by atoms with van der Waals surface area (Å²) in [6.07, 6.45) is 0. The number of nitrogens with one attached hydrogen (secondary N) is 1. The highest BCUT2D eigenvalue weighted by atomic mass is 35.5. The molecule has 2 aromatic carbocycles. The number of benzene rings is 2. The molecule has 1 heterocycles. The molecular formula is C20H20ClN3O3S. The third-order valence-corrected chi connectivity index (χ3v) is 5.11. The quantitative estimate of drug-likeness (QED) is 0.401. The van der Waals surface area contributed by atoms with Crippen LogP contribution < -0.4 is 9.47 Å². The van der Waals surface area contributed by atoms with Crippen LogP contribution in [0.2, 0.25) is 5.02 Å². The fraction of sp³-hybridized carbons (Fsp3) is 0.250. The second-order valence-electron chi connectivity index (χ2n) is 5.93. The number of aromatic nitrogens is 3. The first-order valence-corrected chi connectivity index (χ1v) is 10.1. The number of thioether (sulfide) groups is 1. The SMILES string of the molecule is CCOc1ccc(C(=O)CSc2n[nH]c(COc3ccc(Cl)c(C)c3)n2)cc1. The zero-order valence-electron chi connectivity index (χ0n) is 15.6. The van der Waals surface area contributed by atoms with Crippen LogP contribution in [0.15, 0.2) is 47.6 Å². The van der Waals surface area contributed by atoms with Gasteiger partial charge in [0.2, 0.25) is 5.16 Å². The number of aryl methyl sites for hydroxylation is 1. The normalized spacial score (nSPS) is 10.7. The molecule has 8 heteroatoms. The number of carbonyl (C=O) groups is 1. The number of nitrogens with zero attached hydrogens (tertiary/aromatic N) is 2. The van der Waals surface area contributed by atoms with Crippen molar-refractivity contribution in [2.75, 3.05) is 12.4 Å². The number of H-pyrrole nitrogens is 1. The van der Waals surface area contributed by atoms with Crippen molar-refractivity contribution >= 4 is 29.1 Å². The molecule has 1 aromatic heterocycles. The van der Waals surface area contributed by atoms with Gasteiger partial charge in [-0.3, -0.25) is 9.89 Å². The highest BCUT2D eigenvalue weighted by Gasteiger charge is 2.11. The minimum absolute atomic E-state index is 0.00675. The van der Waals surface area contributed by atoms with Gasteiger partial charge in [-0.05, 0) is 61.9 Å². The van der Waals surface area contributed by atoms with E-state index in [2.05, 4.69) is 15.2 Å². The lowest BCUT2D eigenvalue weighted by atomic mass is 10.1. The van der Waals surface area contributed by atoms with Crippen LogP contribution in [0.25, 0.3) is 0 Å². The third kappa shape index (κ3) is 5.50. The minimum atomic E-state index is 0.00675. The monoisotopic (exact) mass is 417 g/mol. The van der Waals surface area contributed by atoms with E-state index in [4.69, 9.17) is 21.1 Å². The van der Waals surface area contributed by atoms with Gasteiger partial charge >= 0.3 is 0 Å². The topological polar surface area (TPSA) is 77.1 Å². The lowest BCUT2D eigenvalue weighted by molar-refractivity contribution is 0.102. The van der Waals surface area contributed by atoms with E-state index in [-0.39, 0.29) is 18.1 Å². The Labute approximate surface area is 172 Å². The van der Waals surface area contributed by atoms with E-state index < -0.39 is 0 Å². The van der Waals surface area contributed by atoms with Crippen molar-refractivity contribution < 1.29 is 14.3 Å². The summed E-state index contributed by atoms with van der Waals surface area (Å²) in [7, 11) is 0. The average Bonchev–Trinajstić information content (AvgIpc) is 3.16. The first kappa shape index (κ1) is 20.2. The summed E-state index contributed by atoms with van der Waals surface area (Å²) in [5, 5.41) is 8.15. The number of ether oxygens (including phenoxy) is 2. The van der Waals surface area contributed by atoms with Gasteiger partial charge in [-0.1, -0.05) is 23.4 Å². The van der Waals surface area contributed by atoms with Crippen molar-refractivity contribution in [2.45, 2.75) is 25.6 Å². The molecule has 146 valence electrons. The second kappa shape index (κ2) is 9.61. The largest absolute Gasteiger partial charge is 0.494 e. The lowest BCUT2D eigenvalue weighted by Gasteiger charge is -2.05. The maximum absolute atomic E-state index is 12.3. The van der Waals surface area contributed by atoms with Crippen molar-refractivity contribution in [3.8, 4) is 11.5 Å². The summed E-state index contributed by atoms with van der Waals surface area (Å²) in [5.74, 6) is 2.30. The van der Waals surface area contributed by atoms with E-state index >= 15 is 0 Å². The summed E-state index contributed by atoms with van der Waals surface area (Å²) in [4.78, 5) is 16.6. The standard InChI is InChI=1S/C20H20ClN3O3S/c1-3-26-15-6-4-14(5-7-15)18(25)12-28-20-22-19(23-24-20)11-27-16-8-9-17(21)13(2)10-16/h4-10H,3,11-12H2,1-2H3,(H,22,23,24). The number of halogens is 1. The molecule has 1 N–H and O–H groups in total. The van der Waals surface area contributed by atoms with Gasteiger partial charge in [-0.25, -0.2) is 4.98 Å². The smallest absolute Gasteiger partial charge is 0.208 e. The van der Waals surface area contributed by atoms with Gasteiger partial charge < -0.3 is 9.47 Å². The average molecular weight is 418 g/mol. The van der Waals surface area contributed by atoms with Crippen LogP contribution >= 0.6 is 23.4 Å². The first-order chi connectivity index (χ1) is 13.5. The Hall–Kier alpha value is -2.51. The van der Waals surface area contributed by atoms with E-state index in [1.165, 1.54) is 11.8 Å². The Morgan fingerprint density at radius 2 is 1.89 bits per heavy atom. The summed E-state index contributed by atoms with van der Waals surface area (Å²) < 4.78 is 11.1. The molecule has 3 rings (SSSR count). The summed E-state index contributed by atoms with van der Waals surface area (Å²) in [5.41, 5.74) is 1.58. The maximum atomic E-state index is 12.3. The van der Waals surface area contributed by atoms with Gasteiger partial charge in [0.05, 0.1) is 12.4 Å². The molecule has 0 unspecified atom stereocenters. The molecule has 0 fully saturated rings. The molecule has 0 aliphatic rings. The first-order valence-electron chi connectivity index (χ1n) is 8.74. The molecule has 0 atom stereocenters. The number of carbonyl (C=O) groups excluding carboxylic acids is 1. The van der Waals surface area contributed by atoms with Gasteiger partial charge in [-0.15, -0.1) is 5.10 Å². The molecule has 6 nitrogen and oxygen atoms in total. The van der Waals surface area contributed by atoms with Crippen molar-refractivity contribution in [1.82, 2.24) is 15.2 Å². The van der Waals surface area contributed by atoms with Crippen LogP contribution in [-0.4, -0.2) is 33.3 Å². The highest BCUT2D eigenvalue weighted by molar-refractivity contribution is 7.99.